The molecule has 1 aromatic carbocycles. The summed E-state index contributed by atoms with van der Waals surface area (Å²) in [5.74, 6) is -0.611. The van der Waals surface area contributed by atoms with Crippen LogP contribution in [0.4, 0.5) is 5.69 Å². The summed E-state index contributed by atoms with van der Waals surface area (Å²) in [5.41, 5.74) is 9.72. The molecule has 3 aromatic rings. The zero-order valence-electron chi connectivity index (χ0n) is 14.7. The Kier molecular flexibility index (Phi) is 4.45. The van der Waals surface area contributed by atoms with Crippen LogP contribution in [0.1, 0.15) is 34.2 Å². The molecule has 0 aliphatic rings. The second-order valence-corrected chi connectivity index (χ2v) is 5.76. The number of carbonyl (C=O) groups is 1. The highest BCUT2D eigenvalue weighted by Crippen LogP contribution is 2.26. The lowest BCUT2D eigenvalue weighted by Crippen LogP contribution is -2.11. The third-order valence-electron chi connectivity index (χ3n) is 4.16. The number of hydrogen-bond acceptors (Lipinski definition) is 6. The minimum absolute atomic E-state index is 0.0931. The van der Waals surface area contributed by atoms with Crippen molar-refractivity contribution in [3.63, 3.8) is 0 Å². The number of esters is 1. The van der Waals surface area contributed by atoms with E-state index < -0.39 is 5.97 Å². The predicted octanol–water partition coefficient (Wildman–Crippen LogP) is 2.17. The van der Waals surface area contributed by atoms with Gasteiger partial charge in [0.25, 0.3) is 0 Å². The van der Waals surface area contributed by atoms with E-state index >= 15 is 0 Å². The average Bonchev–Trinajstić information content (AvgIpc) is 3.26. The van der Waals surface area contributed by atoms with Crippen LogP contribution in [0.25, 0.3) is 11.4 Å². The largest absolute Gasteiger partial charge is 0.464 e. The van der Waals surface area contributed by atoms with Crippen molar-refractivity contribution in [3.8, 4) is 17.4 Å². The van der Waals surface area contributed by atoms with E-state index in [2.05, 4.69) is 10.3 Å². The number of benzene rings is 1. The van der Waals surface area contributed by atoms with E-state index in [4.69, 9.17) is 10.5 Å². The summed E-state index contributed by atoms with van der Waals surface area (Å²) in [6, 6.07) is 7.59. The number of ether oxygens (including phenoxy) is 1. The van der Waals surface area contributed by atoms with Gasteiger partial charge in [-0.2, -0.15) is 5.26 Å². The fourth-order valence-corrected chi connectivity index (χ4v) is 2.69. The Morgan fingerprint density at radius 1 is 1.38 bits per heavy atom. The van der Waals surface area contributed by atoms with Gasteiger partial charge in [-0.25, -0.2) is 9.48 Å². The van der Waals surface area contributed by atoms with E-state index in [0.717, 1.165) is 23.4 Å². The smallest absolute Gasteiger partial charge is 0.357 e. The molecule has 0 unspecified atom stereocenters. The molecule has 0 amide bonds. The van der Waals surface area contributed by atoms with E-state index in [1.54, 1.807) is 9.25 Å². The second kappa shape index (κ2) is 6.72. The second-order valence-electron chi connectivity index (χ2n) is 5.76. The summed E-state index contributed by atoms with van der Waals surface area (Å²) in [5, 5.41) is 17.5. The number of aryl methyl sites for hydroxylation is 2. The van der Waals surface area contributed by atoms with E-state index in [1.165, 1.54) is 13.3 Å². The van der Waals surface area contributed by atoms with Crippen molar-refractivity contribution in [2.75, 3.05) is 12.8 Å². The Morgan fingerprint density at radius 2 is 2.15 bits per heavy atom. The molecule has 0 spiro atoms. The molecule has 0 fully saturated rings. The van der Waals surface area contributed by atoms with Gasteiger partial charge in [0.1, 0.15) is 6.07 Å². The molecule has 8 heteroatoms. The highest BCUT2D eigenvalue weighted by Gasteiger charge is 2.22. The summed E-state index contributed by atoms with van der Waals surface area (Å²) in [6.45, 7) is 3.96. The molecular weight excluding hydrogens is 332 g/mol. The Labute approximate surface area is 150 Å². The topological polar surface area (TPSA) is 112 Å². The lowest BCUT2D eigenvalue weighted by Gasteiger charge is -2.12. The van der Waals surface area contributed by atoms with Crippen LogP contribution in [0, 0.1) is 18.3 Å². The van der Waals surface area contributed by atoms with Crippen molar-refractivity contribution in [2.45, 2.75) is 20.3 Å². The molecule has 0 saturated heterocycles. The number of carbonyl (C=O) groups excluding carboxylic acids is 1. The van der Waals surface area contributed by atoms with Gasteiger partial charge >= 0.3 is 5.97 Å². The first-order valence-electron chi connectivity index (χ1n) is 8.02. The number of hydrogen-bond donors (Lipinski definition) is 1. The van der Waals surface area contributed by atoms with Crippen LogP contribution in [-0.4, -0.2) is 32.6 Å². The van der Waals surface area contributed by atoms with Crippen LogP contribution in [0.2, 0.25) is 0 Å². The Bertz CT molecular complexity index is 1020. The lowest BCUT2D eigenvalue weighted by molar-refractivity contribution is 0.0593. The van der Waals surface area contributed by atoms with Crippen LogP contribution >= 0.6 is 0 Å². The van der Waals surface area contributed by atoms with E-state index in [9.17, 15) is 10.1 Å². The van der Waals surface area contributed by atoms with Crippen LogP contribution in [0.5, 0.6) is 0 Å². The van der Waals surface area contributed by atoms with Crippen LogP contribution in [0.3, 0.4) is 0 Å². The maximum Gasteiger partial charge on any atom is 0.357 e. The van der Waals surface area contributed by atoms with Crippen molar-refractivity contribution in [3.05, 3.63) is 53.1 Å². The SMILES string of the molecule is CCc1cn(-c2cc(-n3cc(C#N)c(N)c3C(=O)OC)ccc2C)nn1. The zero-order chi connectivity index (χ0) is 18.8. The maximum atomic E-state index is 12.2. The Hall–Kier alpha value is -3.60. The lowest BCUT2D eigenvalue weighted by atomic mass is 10.1. The minimum atomic E-state index is -0.611. The minimum Gasteiger partial charge on any atom is -0.464 e. The summed E-state index contributed by atoms with van der Waals surface area (Å²) < 4.78 is 8.06. The summed E-state index contributed by atoms with van der Waals surface area (Å²) >= 11 is 0. The molecule has 3 rings (SSSR count). The highest BCUT2D eigenvalue weighted by molar-refractivity contribution is 5.96. The number of rotatable bonds is 4. The van der Waals surface area contributed by atoms with Gasteiger partial charge in [-0.3, -0.25) is 0 Å². The van der Waals surface area contributed by atoms with Crippen molar-refractivity contribution in [2.24, 2.45) is 0 Å². The molecule has 2 heterocycles. The van der Waals surface area contributed by atoms with Crippen molar-refractivity contribution < 1.29 is 9.53 Å². The summed E-state index contributed by atoms with van der Waals surface area (Å²) in [7, 11) is 1.27. The van der Waals surface area contributed by atoms with Gasteiger partial charge in [0, 0.05) is 11.9 Å². The van der Waals surface area contributed by atoms with Gasteiger partial charge in [-0.05, 0) is 31.0 Å². The fourth-order valence-electron chi connectivity index (χ4n) is 2.69. The number of nitrogen functional groups attached to an aromatic ring is 1. The number of anilines is 1. The van der Waals surface area contributed by atoms with E-state index in [0.29, 0.717) is 5.69 Å². The molecule has 26 heavy (non-hydrogen) atoms. The predicted molar refractivity (Wildman–Crippen MR) is 95.3 cm³/mol. The number of nitrogens with zero attached hydrogens (tertiary/aromatic N) is 5. The first-order valence-corrected chi connectivity index (χ1v) is 8.02. The fraction of sp³-hybridized carbons (Fsp3) is 0.222. The number of aromatic nitrogens is 4. The Balaban J connectivity index is 2.18. The molecule has 8 nitrogen and oxygen atoms in total. The third kappa shape index (κ3) is 2.80. The van der Waals surface area contributed by atoms with Gasteiger partial charge in [0.05, 0.1) is 35.9 Å². The standard InChI is InChI=1S/C18H18N6O2/c1-4-13-10-24(22-21-13)15-7-14(6-5-11(15)2)23-9-12(8-19)16(20)17(23)18(25)26-3/h5-7,9-10H,4,20H2,1-3H3. The van der Waals surface area contributed by atoms with Gasteiger partial charge < -0.3 is 15.0 Å². The van der Waals surface area contributed by atoms with Crippen molar-refractivity contribution in [1.82, 2.24) is 19.6 Å². The first-order chi connectivity index (χ1) is 12.5. The number of nitrogens with two attached hydrogens (primary N) is 1. The van der Waals surface area contributed by atoms with E-state index in [-0.39, 0.29) is 16.9 Å². The molecule has 2 aromatic heterocycles. The normalized spacial score (nSPS) is 10.5. The molecule has 2 N–H and O–H groups in total. The molecule has 0 atom stereocenters. The first kappa shape index (κ1) is 17.2. The summed E-state index contributed by atoms with van der Waals surface area (Å²) in [6.07, 6.45) is 4.16. The zero-order valence-corrected chi connectivity index (χ0v) is 14.7. The molecule has 0 radical (unpaired) electrons. The van der Waals surface area contributed by atoms with Gasteiger partial charge in [0.15, 0.2) is 5.69 Å². The van der Waals surface area contributed by atoms with Gasteiger partial charge in [-0.15, -0.1) is 5.10 Å². The van der Waals surface area contributed by atoms with E-state index in [1.807, 2.05) is 44.3 Å². The quantitative estimate of drug-likeness (QED) is 0.722. The highest BCUT2D eigenvalue weighted by atomic mass is 16.5. The molecule has 132 valence electrons. The van der Waals surface area contributed by atoms with Crippen LogP contribution in [-0.2, 0) is 11.2 Å². The van der Waals surface area contributed by atoms with Crippen molar-refractivity contribution >= 4 is 11.7 Å². The third-order valence-corrected chi connectivity index (χ3v) is 4.16. The Morgan fingerprint density at radius 3 is 2.77 bits per heavy atom. The molecule has 0 aliphatic heterocycles. The van der Waals surface area contributed by atoms with Gasteiger partial charge in [0.2, 0.25) is 0 Å². The number of nitriles is 1. The molecular formula is C18H18N6O2. The van der Waals surface area contributed by atoms with Crippen LogP contribution < -0.4 is 5.73 Å². The number of methoxy groups -OCH3 is 1. The average molecular weight is 350 g/mol. The van der Waals surface area contributed by atoms with Crippen molar-refractivity contribution in [1.29, 1.82) is 5.26 Å². The molecule has 0 saturated carbocycles. The van der Waals surface area contributed by atoms with Gasteiger partial charge in [-0.1, -0.05) is 18.2 Å². The van der Waals surface area contributed by atoms with Crippen LogP contribution in [0.15, 0.2) is 30.6 Å². The monoisotopic (exact) mass is 350 g/mol. The molecule has 0 aliphatic carbocycles. The summed E-state index contributed by atoms with van der Waals surface area (Å²) in [4.78, 5) is 12.2. The molecule has 0 bridgehead atoms. The maximum absolute atomic E-state index is 12.2.